The minimum Gasteiger partial charge on any atom is -0.347 e. The molecular weight excluding hydrogens is 326 g/mol. The van der Waals surface area contributed by atoms with Gasteiger partial charge in [0.2, 0.25) is 5.91 Å². The summed E-state index contributed by atoms with van der Waals surface area (Å²) in [6.07, 6.45) is 0. The van der Waals surface area contributed by atoms with Crippen LogP contribution in [0.3, 0.4) is 0 Å². The van der Waals surface area contributed by atoms with Crippen LogP contribution in [0.15, 0.2) is 53.5 Å². The lowest BCUT2D eigenvalue weighted by Gasteiger charge is -2.22. The highest BCUT2D eigenvalue weighted by atomic mass is 19.1. The van der Waals surface area contributed by atoms with Crippen LogP contribution in [-0.4, -0.2) is 37.4 Å². The van der Waals surface area contributed by atoms with Gasteiger partial charge in [-0.25, -0.2) is 8.78 Å². The number of amides is 1. The van der Waals surface area contributed by atoms with Crippen molar-refractivity contribution in [1.82, 2.24) is 10.2 Å². The summed E-state index contributed by atoms with van der Waals surface area (Å²) in [4.78, 5) is 17.8. The Hall–Kier alpha value is -2.96. The zero-order valence-electron chi connectivity index (χ0n) is 14.1. The average Bonchev–Trinajstić information content (AvgIpc) is 2.57. The lowest BCUT2D eigenvalue weighted by molar-refractivity contribution is -0.115. The molecule has 0 aromatic heterocycles. The summed E-state index contributed by atoms with van der Waals surface area (Å²) in [6, 6.07) is 11.8. The summed E-state index contributed by atoms with van der Waals surface area (Å²) in [5, 5.41) is 5.58. The maximum absolute atomic E-state index is 13.2. The third-order valence-electron chi connectivity index (χ3n) is 3.42. The van der Waals surface area contributed by atoms with E-state index >= 15 is 0 Å². The van der Waals surface area contributed by atoms with Gasteiger partial charge in [0.05, 0.1) is 6.54 Å². The summed E-state index contributed by atoms with van der Waals surface area (Å²) in [7, 11) is 3.39. The van der Waals surface area contributed by atoms with E-state index in [9.17, 15) is 13.6 Å². The molecule has 0 radical (unpaired) electrons. The van der Waals surface area contributed by atoms with Gasteiger partial charge in [0.15, 0.2) is 5.96 Å². The Morgan fingerprint density at radius 2 is 1.84 bits per heavy atom. The number of anilines is 1. The molecule has 0 spiro atoms. The third kappa shape index (κ3) is 5.87. The Balaban J connectivity index is 1.86. The van der Waals surface area contributed by atoms with Gasteiger partial charge in [0.25, 0.3) is 0 Å². The molecule has 132 valence electrons. The van der Waals surface area contributed by atoms with Gasteiger partial charge in [-0.1, -0.05) is 12.1 Å². The molecule has 2 rings (SSSR count). The average molecular weight is 346 g/mol. The van der Waals surface area contributed by atoms with Gasteiger partial charge in [0.1, 0.15) is 11.6 Å². The van der Waals surface area contributed by atoms with Crippen LogP contribution in [0.4, 0.5) is 14.5 Å². The van der Waals surface area contributed by atoms with Gasteiger partial charge < -0.3 is 15.5 Å². The zero-order chi connectivity index (χ0) is 18.2. The van der Waals surface area contributed by atoms with Crippen LogP contribution < -0.4 is 10.6 Å². The number of carbonyl (C=O) groups is 1. The molecule has 0 saturated heterocycles. The number of guanidine groups is 1. The van der Waals surface area contributed by atoms with Crippen LogP contribution in [0.25, 0.3) is 0 Å². The number of hydrogen-bond acceptors (Lipinski definition) is 2. The summed E-state index contributed by atoms with van der Waals surface area (Å²) in [5.74, 6) is -0.451. The van der Waals surface area contributed by atoms with Crippen molar-refractivity contribution < 1.29 is 13.6 Å². The molecule has 0 saturated carbocycles. The van der Waals surface area contributed by atoms with E-state index in [0.717, 1.165) is 5.56 Å². The minimum absolute atomic E-state index is 0.00244. The number of hydrogen-bond donors (Lipinski definition) is 2. The fourth-order valence-corrected chi connectivity index (χ4v) is 2.27. The van der Waals surface area contributed by atoms with Crippen LogP contribution in [0, 0.1) is 11.6 Å². The molecule has 1 amide bonds. The number of halogens is 2. The molecule has 25 heavy (non-hydrogen) atoms. The van der Waals surface area contributed by atoms with E-state index in [0.29, 0.717) is 18.2 Å². The van der Waals surface area contributed by atoms with Crippen molar-refractivity contribution >= 4 is 17.6 Å². The molecule has 5 nitrogen and oxygen atoms in total. The largest absolute Gasteiger partial charge is 0.347 e. The standard InChI is InChI=1S/C18H20F2N4O/c1-21-18(24(2)12-13-4-3-5-15(20)10-13)22-11-17(25)23-16-8-6-14(19)7-9-16/h3-10H,11-12H2,1-2H3,(H,21,22)(H,23,25). The van der Waals surface area contributed by atoms with Gasteiger partial charge in [-0.15, -0.1) is 0 Å². The van der Waals surface area contributed by atoms with E-state index in [-0.39, 0.29) is 24.1 Å². The number of carbonyl (C=O) groups excluding carboxylic acids is 1. The molecule has 0 bridgehead atoms. The quantitative estimate of drug-likeness (QED) is 0.646. The number of aliphatic imine (C=N–C) groups is 1. The van der Waals surface area contributed by atoms with E-state index in [4.69, 9.17) is 0 Å². The van der Waals surface area contributed by atoms with Crippen molar-refractivity contribution in [2.75, 3.05) is 26.0 Å². The molecule has 0 heterocycles. The first-order chi connectivity index (χ1) is 12.0. The second-order valence-electron chi connectivity index (χ2n) is 5.44. The summed E-state index contributed by atoms with van der Waals surface area (Å²) >= 11 is 0. The molecule has 0 fully saturated rings. The molecular formula is C18H20F2N4O. The van der Waals surface area contributed by atoms with Crippen LogP contribution in [-0.2, 0) is 11.3 Å². The van der Waals surface area contributed by atoms with Crippen molar-refractivity contribution in [2.45, 2.75) is 6.54 Å². The van der Waals surface area contributed by atoms with Crippen LogP contribution in [0.2, 0.25) is 0 Å². The fraction of sp³-hybridized carbons (Fsp3) is 0.222. The highest BCUT2D eigenvalue weighted by Gasteiger charge is 2.09. The van der Waals surface area contributed by atoms with E-state index in [1.165, 1.54) is 36.4 Å². The number of benzene rings is 2. The van der Waals surface area contributed by atoms with Gasteiger partial charge in [0, 0.05) is 26.3 Å². The fourth-order valence-electron chi connectivity index (χ4n) is 2.27. The molecule has 2 aromatic carbocycles. The van der Waals surface area contributed by atoms with Gasteiger partial charge in [-0.2, -0.15) is 0 Å². The number of nitrogens with one attached hydrogen (secondary N) is 2. The monoisotopic (exact) mass is 346 g/mol. The Morgan fingerprint density at radius 3 is 2.48 bits per heavy atom. The molecule has 7 heteroatoms. The Bertz CT molecular complexity index is 747. The lowest BCUT2D eigenvalue weighted by atomic mass is 10.2. The molecule has 2 aromatic rings. The summed E-state index contributed by atoms with van der Waals surface area (Å²) in [5.41, 5.74) is 1.30. The second-order valence-corrected chi connectivity index (χ2v) is 5.44. The SMILES string of the molecule is CN=C(NCC(=O)Nc1ccc(F)cc1)N(C)Cc1cccc(F)c1. The zero-order valence-corrected chi connectivity index (χ0v) is 14.1. The smallest absolute Gasteiger partial charge is 0.243 e. The first-order valence-corrected chi connectivity index (χ1v) is 7.69. The Morgan fingerprint density at radius 1 is 1.12 bits per heavy atom. The predicted octanol–water partition coefficient (Wildman–Crippen LogP) is 2.61. The van der Waals surface area contributed by atoms with Crippen molar-refractivity contribution in [3.05, 3.63) is 65.7 Å². The maximum atomic E-state index is 13.2. The Labute approximate surface area is 145 Å². The predicted molar refractivity (Wildman–Crippen MR) is 94.3 cm³/mol. The molecule has 0 aliphatic carbocycles. The van der Waals surface area contributed by atoms with E-state index in [1.807, 2.05) is 6.07 Å². The highest BCUT2D eigenvalue weighted by Crippen LogP contribution is 2.08. The van der Waals surface area contributed by atoms with E-state index in [2.05, 4.69) is 15.6 Å². The second kappa shape index (κ2) is 8.77. The van der Waals surface area contributed by atoms with Gasteiger partial charge in [-0.05, 0) is 42.0 Å². The van der Waals surface area contributed by atoms with Crippen LogP contribution >= 0.6 is 0 Å². The molecule has 0 aliphatic heterocycles. The lowest BCUT2D eigenvalue weighted by Crippen LogP contribution is -2.42. The topological polar surface area (TPSA) is 56.7 Å². The van der Waals surface area contributed by atoms with Crippen molar-refractivity contribution in [1.29, 1.82) is 0 Å². The molecule has 0 atom stereocenters. The Kier molecular flexibility index (Phi) is 6.45. The van der Waals surface area contributed by atoms with Gasteiger partial charge >= 0.3 is 0 Å². The minimum atomic E-state index is -0.365. The molecule has 2 N–H and O–H groups in total. The molecule has 0 aliphatic rings. The van der Waals surface area contributed by atoms with Crippen molar-refractivity contribution in [3.8, 4) is 0 Å². The number of nitrogens with zero attached hydrogens (tertiary/aromatic N) is 2. The first-order valence-electron chi connectivity index (χ1n) is 7.69. The third-order valence-corrected chi connectivity index (χ3v) is 3.42. The summed E-state index contributed by atoms with van der Waals surface area (Å²) in [6.45, 7) is 0.439. The maximum Gasteiger partial charge on any atom is 0.243 e. The normalized spacial score (nSPS) is 11.1. The van der Waals surface area contributed by atoms with Gasteiger partial charge in [-0.3, -0.25) is 9.79 Å². The van der Waals surface area contributed by atoms with E-state index < -0.39 is 0 Å². The van der Waals surface area contributed by atoms with E-state index in [1.54, 1.807) is 25.1 Å². The molecule has 0 unspecified atom stereocenters. The highest BCUT2D eigenvalue weighted by molar-refractivity contribution is 5.94. The first kappa shape index (κ1) is 18.4. The van der Waals surface area contributed by atoms with Crippen LogP contribution in [0.5, 0.6) is 0 Å². The van der Waals surface area contributed by atoms with Crippen LogP contribution in [0.1, 0.15) is 5.56 Å². The van der Waals surface area contributed by atoms with Crippen molar-refractivity contribution in [3.63, 3.8) is 0 Å². The summed E-state index contributed by atoms with van der Waals surface area (Å²) < 4.78 is 26.1. The number of rotatable bonds is 5. The van der Waals surface area contributed by atoms with Crippen molar-refractivity contribution in [2.24, 2.45) is 4.99 Å².